The van der Waals surface area contributed by atoms with Crippen molar-refractivity contribution in [3.63, 3.8) is 0 Å². The van der Waals surface area contributed by atoms with Gasteiger partial charge >= 0.3 is 5.97 Å². The number of aliphatic hydroxyl groups is 1. The topological polar surface area (TPSA) is 203 Å². The summed E-state index contributed by atoms with van der Waals surface area (Å²) in [6, 6.07) is 10.5. The van der Waals surface area contributed by atoms with Crippen LogP contribution in [0.2, 0.25) is 0 Å². The summed E-state index contributed by atoms with van der Waals surface area (Å²) in [6.45, 7) is 8.73. The molecular weight excluding hydrogens is 767 g/mol. The number of nitrogens with one attached hydrogen (secondary N) is 4. The predicted molar refractivity (Wildman–Crippen MR) is 229 cm³/mol. The number of phenols is 1. The number of aromatic hydroxyl groups is 1. The number of likely N-dealkylation sites (N-methyl/N-ethyl adjacent to an activating group) is 1. The standard InChI is InChI=1S/C46H65N5O9/c1-7-8-9-10-11-12-16-19-39(54)48-36(26-32-17-14-13-15-18-32)38(53)28-41(56)50-42(30(2)3)44(57)47-34-22-25-40(55)49-43(31(4)5)45(58)51(6)37(46(59)60-29-34)27-33-20-23-35(52)24-21-33/h12-18,20-25,30-31,34,36-38,42-43,52-53H,7-11,19,26-29H2,1-6H3,(H,47,57)(H,48,54)(H,49,55)(H,50,56)/b16-12+,25-22-/t34-,36-,37+,38+,42-,43+/m0/s1. The van der Waals surface area contributed by atoms with Crippen LogP contribution in [0, 0.1) is 11.8 Å². The average Bonchev–Trinajstić information content (AvgIpc) is 3.21. The summed E-state index contributed by atoms with van der Waals surface area (Å²) in [5, 5.41) is 32.2. The van der Waals surface area contributed by atoms with E-state index in [1.807, 2.05) is 42.5 Å². The van der Waals surface area contributed by atoms with Crippen LogP contribution in [-0.4, -0.2) is 101 Å². The highest BCUT2D eigenvalue weighted by molar-refractivity contribution is 5.95. The molecule has 6 atom stereocenters. The molecule has 0 fully saturated rings. The first-order chi connectivity index (χ1) is 28.6. The third-order valence-corrected chi connectivity index (χ3v) is 10.4. The van der Waals surface area contributed by atoms with Crippen molar-refractivity contribution < 1.29 is 43.7 Å². The van der Waals surface area contributed by atoms with Gasteiger partial charge in [-0.15, -0.1) is 0 Å². The fraction of sp³-hybridized carbons (Fsp3) is 0.522. The summed E-state index contributed by atoms with van der Waals surface area (Å²) in [7, 11) is 1.45. The third kappa shape index (κ3) is 16.6. The second-order valence-electron chi connectivity index (χ2n) is 16.1. The summed E-state index contributed by atoms with van der Waals surface area (Å²) in [5.41, 5.74) is 1.50. The lowest BCUT2D eigenvalue weighted by Crippen LogP contribution is -2.56. The van der Waals surface area contributed by atoms with Crippen molar-refractivity contribution in [1.29, 1.82) is 0 Å². The highest BCUT2D eigenvalue weighted by Crippen LogP contribution is 2.18. The Labute approximate surface area is 354 Å². The van der Waals surface area contributed by atoms with Crippen molar-refractivity contribution in [2.75, 3.05) is 13.7 Å². The summed E-state index contributed by atoms with van der Waals surface area (Å²) >= 11 is 0. The number of amides is 5. The van der Waals surface area contributed by atoms with E-state index in [0.717, 1.165) is 37.3 Å². The number of benzene rings is 2. The number of allylic oxidation sites excluding steroid dienone is 1. The molecule has 0 radical (unpaired) electrons. The van der Waals surface area contributed by atoms with E-state index in [4.69, 9.17) is 4.74 Å². The van der Waals surface area contributed by atoms with Crippen molar-refractivity contribution in [3.8, 4) is 5.75 Å². The van der Waals surface area contributed by atoms with E-state index in [2.05, 4.69) is 28.2 Å². The van der Waals surface area contributed by atoms with Crippen LogP contribution in [0.3, 0.4) is 0 Å². The molecular formula is C46H65N5O9. The maximum Gasteiger partial charge on any atom is 0.329 e. The van der Waals surface area contributed by atoms with Gasteiger partial charge in [0.25, 0.3) is 0 Å². The number of unbranched alkanes of at least 4 members (excludes halogenated alkanes) is 4. The van der Waals surface area contributed by atoms with E-state index < -0.39 is 84.9 Å². The van der Waals surface area contributed by atoms with Gasteiger partial charge in [-0.25, -0.2) is 4.79 Å². The van der Waals surface area contributed by atoms with Gasteiger partial charge in [0.15, 0.2) is 0 Å². The Hall–Kier alpha value is -5.50. The predicted octanol–water partition coefficient (Wildman–Crippen LogP) is 4.04. The Bertz CT molecular complexity index is 1760. The average molecular weight is 832 g/mol. The van der Waals surface area contributed by atoms with Crippen LogP contribution in [-0.2, 0) is 46.3 Å². The molecule has 1 aliphatic heterocycles. The molecule has 2 aromatic rings. The van der Waals surface area contributed by atoms with E-state index in [-0.39, 0.29) is 36.8 Å². The highest BCUT2D eigenvalue weighted by atomic mass is 16.5. The number of phenolic OH excluding ortho intramolecular Hbond substituents is 1. The zero-order valence-corrected chi connectivity index (χ0v) is 35.9. The normalized spacial score (nSPS) is 19.7. The van der Waals surface area contributed by atoms with Crippen LogP contribution in [0.1, 0.15) is 90.7 Å². The maximum absolute atomic E-state index is 13.8. The fourth-order valence-corrected chi connectivity index (χ4v) is 6.72. The molecule has 0 saturated carbocycles. The van der Waals surface area contributed by atoms with Gasteiger partial charge < -0.3 is 41.1 Å². The minimum Gasteiger partial charge on any atom is -0.508 e. The Balaban J connectivity index is 1.74. The first-order valence-corrected chi connectivity index (χ1v) is 21.1. The van der Waals surface area contributed by atoms with Gasteiger partial charge in [0.1, 0.15) is 30.5 Å². The van der Waals surface area contributed by atoms with Gasteiger partial charge in [0.05, 0.1) is 24.6 Å². The zero-order chi connectivity index (χ0) is 44.2. The van der Waals surface area contributed by atoms with Crippen LogP contribution < -0.4 is 21.3 Å². The number of aliphatic hydroxyl groups excluding tert-OH is 1. The second kappa shape index (κ2) is 25.2. The lowest BCUT2D eigenvalue weighted by Gasteiger charge is -2.32. The van der Waals surface area contributed by atoms with Crippen molar-refractivity contribution in [2.24, 2.45) is 11.8 Å². The van der Waals surface area contributed by atoms with Crippen LogP contribution >= 0.6 is 0 Å². The summed E-state index contributed by atoms with van der Waals surface area (Å²) in [6.07, 6.45) is 10.4. The van der Waals surface area contributed by atoms with E-state index in [9.17, 15) is 39.0 Å². The van der Waals surface area contributed by atoms with Gasteiger partial charge in [-0.2, -0.15) is 0 Å². The van der Waals surface area contributed by atoms with Gasteiger partial charge in [-0.3, -0.25) is 24.0 Å². The van der Waals surface area contributed by atoms with E-state index in [0.29, 0.717) is 5.56 Å². The third-order valence-electron chi connectivity index (χ3n) is 10.4. The summed E-state index contributed by atoms with van der Waals surface area (Å²) in [4.78, 5) is 81.8. The molecule has 3 rings (SSSR count). The van der Waals surface area contributed by atoms with Gasteiger partial charge in [0, 0.05) is 26.0 Å². The molecule has 0 aromatic heterocycles. The Kier molecular flexibility index (Phi) is 20.5. The molecule has 14 heteroatoms. The molecule has 14 nitrogen and oxygen atoms in total. The molecule has 0 saturated heterocycles. The van der Waals surface area contributed by atoms with Crippen LogP contribution in [0.15, 0.2) is 78.9 Å². The van der Waals surface area contributed by atoms with Crippen LogP contribution in [0.25, 0.3) is 0 Å². The van der Waals surface area contributed by atoms with Gasteiger partial charge in [0.2, 0.25) is 29.5 Å². The molecule has 60 heavy (non-hydrogen) atoms. The smallest absolute Gasteiger partial charge is 0.329 e. The van der Waals surface area contributed by atoms with Crippen molar-refractivity contribution in [3.05, 3.63) is 90.0 Å². The number of rotatable bonds is 20. The molecule has 328 valence electrons. The Morgan fingerprint density at radius 3 is 2.27 bits per heavy atom. The number of nitrogens with zero attached hydrogens (tertiary/aromatic N) is 1. The SMILES string of the molecule is CCCCCC/C=C/CC(=O)N[C@@H](Cc1ccccc1)[C@H](O)CC(=O)N[C@H](C(=O)N[C@H]1/C=C\C(=O)N[C@H](C(C)C)C(=O)N(C)[C@H](Cc2ccc(O)cc2)C(=O)OC1)C(C)C. The van der Waals surface area contributed by atoms with Crippen LogP contribution in [0.5, 0.6) is 5.75 Å². The highest BCUT2D eigenvalue weighted by Gasteiger charge is 2.36. The first kappa shape index (κ1) is 48.9. The maximum atomic E-state index is 13.8. The fourth-order valence-electron chi connectivity index (χ4n) is 6.72. The number of hydrogen-bond donors (Lipinski definition) is 6. The number of carbonyl (C=O) groups excluding carboxylic acids is 6. The first-order valence-electron chi connectivity index (χ1n) is 21.1. The van der Waals surface area contributed by atoms with Crippen molar-refractivity contribution >= 4 is 35.5 Å². The largest absolute Gasteiger partial charge is 0.508 e. The molecule has 5 amide bonds. The van der Waals surface area contributed by atoms with Gasteiger partial charge in [-0.05, 0) is 54.4 Å². The van der Waals surface area contributed by atoms with Crippen LogP contribution in [0.4, 0.5) is 0 Å². The van der Waals surface area contributed by atoms with E-state index >= 15 is 0 Å². The van der Waals surface area contributed by atoms with Crippen molar-refractivity contribution in [2.45, 2.75) is 129 Å². The minimum atomic E-state index is -1.29. The molecule has 6 N–H and O–H groups in total. The Morgan fingerprint density at radius 2 is 1.62 bits per heavy atom. The number of ether oxygens (including phenoxy) is 1. The lowest BCUT2D eigenvalue weighted by atomic mass is 9.97. The molecule has 2 aromatic carbocycles. The quantitative estimate of drug-likeness (QED) is 0.0647. The number of hydrogen-bond acceptors (Lipinski definition) is 9. The minimum absolute atomic E-state index is 0.0347. The van der Waals surface area contributed by atoms with E-state index in [1.54, 1.807) is 39.8 Å². The molecule has 0 spiro atoms. The van der Waals surface area contributed by atoms with Crippen molar-refractivity contribution in [1.82, 2.24) is 26.2 Å². The monoisotopic (exact) mass is 831 g/mol. The molecule has 0 aliphatic carbocycles. The second-order valence-corrected chi connectivity index (χ2v) is 16.1. The lowest BCUT2D eigenvalue weighted by molar-refractivity contribution is -0.156. The molecule has 1 aliphatic rings. The molecule has 0 unspecified atom stereocenters. The number of carbonyl (C=O) groups is 6. The number of cyclic esters (lactones) is 1. The van der Waals surface area contributed by atoms with Gasteiger partial charge in [-0.1, -0.05) is 115 Å². The Morgan fingerprint density at radius 1 is 0.917 bits per heavy atom. The number of esters is 1. The summed E-state index contributed by atoms with van der Waals surface area (Å²) < 4.78 is 5.68. The molecule has 1 heterocycles. The zero-order valence-electron chi connectivity index (χ0n) is 35.9. The molecule has 0 bridgehead atoms. The van der Waals surface area contributed by atoms with E-state index in [1.165, 1.54) is 36.6 Å². The summed E-state index contributed by atoms with van der Waals surface area (Å²) in [5.74, 6) is -4.12.